The first-order valence-electron chi connectivity index (χ1n) is 14.6. The van der Waals surface area contributed by atoms with Gasteiger partial charge >= 0.3 is 0 Å². The highest BCUT2D eigenvalue weighted by Crippen LogP contribution is 2.41. The van der Waals surface area contributed by atoms with E-state index >= 15 is 0 Å². The Morgan fingerprint density at radius 1 is 0.757 bits per heavy atom. The van der Waals surface area contributed by atoms with Gasteiger partial charge in [-0.05, 0) is 114 Å². The third kappa shape index (κ3) is 4.71. The number of rotatable bonds is 1. The predicted molar refractivity (Wildman–Crippen MR) is 161 cm³/mol. The maximum Gasteiger partial charge on any atom is 0.000207 e. The maximum absolute atomic E-state index is 3.96. The summed E-state index contributed by atoms with van der Waals surface area (Å²) in [5.41, 5.74) is 10.7. The van der Waals surface area contributed by atoms with Crippen LogP contribution in [0.4, 0.5) is 0 Å². The molecule has 0 heteroatoms. The zero-order valence-corrected chi connectivity index (χ0v) is 25.1. The predicted octanol–water partition coefficient (Wildman–Crippen LogP) is 8.71. The summed E-state index contributed by atoms with van der Waals surface area (Å²) < 4.78 is 0. The minimum absolute atomic E-state index is 0.0661. The van der Waals surface area contributed by atoms with Crippen molar-refractivity contribution in [1.29, 1.82) is 0 Å². The first-order valence-corrected chi connectivity index (χ1v) is 14.6. The van der Waals surface area contributed by atoms with Crippen LogP contribution in [0.2, 0.25) is 0 Å². The van der Waals surface area contributed by atoms with Gasteiger partial charge in [0.05, 0.1) is 0 Å². The molecule has 195 valence electrons. The maximum atomic E-state index is 3.96. The largest absolute Gasteiger partial charge is 0.0735 e. The summed E-state index contributed by atoms with van der Waals surface area (Å²) in [5, 5.41) is 5.57. The van der Waals surface area contributed by atoms with Crippen molar-refractivity contribution in [2.24, 2.45) is 11.3 Å². The monoisotopic (exact) mass is 491 g/mol. The van der Waals surface area contributed by atoms with Crippen LogP contribution in [0.1, 0.15) is 124 Å². The van der Waals surface area contributed by atoms with Gasteiger partial charge in [0, 0.05) is 5.92 Å². The zero-order chi connectivity index (χ0) is 26.9. The molecule has 0 spiro atoms. The van der Waals surface area contributed by atoms with Gasteiger partial charge in [0.25, 0.3) is 0 Å². The second-order valence-electron chi connectivity index (χ2n) is 14.9. The van der Waals surface area contributed by atoms with Gasteiger partial charge in [0.1, 0.15) is 0 Å². The molecule has 3 aliphatic rings. The van der Waals surface area contributed by atoms with E-state index in [1.807, 2.05) is 0 Å². The average molecular weight is 492 g/mol. The minimum atomic E-state index is 0.0661. The van der Waals surface area contributed by atoms with E-state index in [0.29, 0.717) is 5.92 Å². The van der Waals surface area contributed by atoms with Crippen LogP contribution in [0.3, 0.4) is 0 Å². The number of hydrogen-bond acceptors (Lipinski definition) is 0. The van der Waals surface area contributed by atoms with Crippen molar-refractivity contribution in [3.63, 3.8) is 0 Å². The van der Waals surface area contributed by atoms with E-state index in [9.17, 15) is 0 Å². The third-order valence-electron chi connectivity index (χ3n) is 8.77. The number of allylic oxidation sites excluding steroid dienone is 4. The smallest absolute Gasteiger partial charge is 0.000207 e. The highest BCUT2D eigenvalue weighted by atomic mass is 14.3. The van der Waals surface area contributed by atoms with E-state index in [1.54, 1.807) is 10.8 Å². The molecule has 5 rings (SSSR count). The molecule has 0 heterocycles. The van der Waals surface area contributed by atoms with Crippen molar-refractivity contribution in [3.05, 3.63) is 85.1 Å². The van der Waals surface area contributed by atoms with E-state index in [1.165, 1.54) is 81.2 Å². The summed E-state index contributed by atoms with van der Waals surface area (Å²) >= 11 is 0. The van der Waals surface area contributed by atoms with Crippen LogP contribution in [0.5, 0.6) is 0 Å². The van der Waals surface area contributed by atoms with Gasteiger partial charge in [-0.1, -0.05) is 106 Å². The molecule has 1 fully saturated rings. The van der Waals surface area contributed by atoms with Crippen LogP contribution in [0, 0.1) is 21.8 Å². The van der Waals surface area contributed by atoms with E-state index in [4.69, 9.17) is 0 Å². The highest BCUT2D eigenvalue weighted by Gasteiger charge is 2.30. The van der Waals surface area contributed by atoms with E-state index in [2.05, 4.69) is 112 Å². The Labute approximate surface area is 225 Å². The second-order valence-corrected chi connectivity index (χ2v) is 14.9. The Balaban J connectivity index is 1.97. The van der Waals surface area contributed by atoms with E-state index in [-0.39, 0.29) is 16.2 Å². The van der Waals surface area contributed by atoms with Crippen LogP contribution < -0.4 is 10.4 Å². The number of benzene rings is 2. The Morgan fingerprint density at radius 3 is 2.00 bits per heavy atom. The lowest BCUT2D eigenvalue weighted by Crippen LogP contribution is -2.29. The molecule has 3 aliphatic carbocycles. The molecule has 0 saturated heterocycles. The minimum Gasteiger partial charge on any atom is -0.0735 e. The fraction of sp³-hybridized carbons (Fsp3) is 0.514. The van der Waals surface area contributed by atoms with Crippen molar-refractivity contribution in [1.82, 2.24) is 0 Å². The molecule has 0 amide bonds. The van der Waals surface area contributed by atoms with E-state index < -0.39 is 0 Å². The van der Waals surface area contributed by atoms with Gasteiger partial charge < -0.3 is 0 Å². The SMILES string of the molecule is CC1C=C(C(C)(C)C)C=C1c1c2c(cc(C(C)(C)C)c1=C1CCCCC1)=c1cc(C(C)(C)C)ccc1=[C]2. The molecule has 1 atom stereocenters. The summed E-state index contributed by atoms with van der Waals surface area (Å²) in [5.74, 6) is 0.409. The van der Waals surface area contributed by atoms with Crippen molar-refractivity contribution in [2.45, 2.75) is 112 Å². The average Bonchev–Trinajstić information content (AvgIpc) is 3.37. The normalized spacial score (nSPS) is 19.8. The van der Waals surface area contributed by atoms with Crippen molar-refractivity contribution < 1.29 is 0 Å². The first kappa shape index (κ1) is 26.3. The van der Waals surface area contributed by atoms with Crippen LogP contribution in [0.25, 0.3) is 17.2 Å². The van der Waals surface area contributed by atoms with Crippen LogP contribution >= 0.6 is 0 Å². The molecule has 1 radical (unpaired) electrons. The Kier molecular flexibility index (Phi) is 6.29. The van der Waals surface area contributed by atoms with Gasteiger partial charge in [-0.3, -0.25) is 0 Å². The highest BCUT2D eigenvalue weighted by molar-refractivity contribution is 5.84. The van der Waals surface area contributed by atoms with Crippen LogP contribution in [-0.2, 0) is 10.8 Å². The lowest BCUT2D eigenvalue weighted by molar-refractivity contribution is 0.516. The Morgan fingerprint density at radius 2 is 1.43 bits per heavy atom. The molecule has 0 aromatic heterocycles. The summed E-state index contributed by atoms with van der Waals surface area (Å²) in [6, 6.07) is 9.63. The summed E-state index contributed by atoms with van der Waals surface area (Å²) in [7, 11) is 0. The molecule has 0 bridgehead atoms. The van der Waals surface area contributed by atoms with Crippen molar-refractivity contribution in [2.75, 3.05) is 0 Å². The third-order valence-corrected chi connectivity index (χ3v) is 8.77. The van der Waals surface area contributed by atoms with E-state index in [0.717, 1.165) is 0 Å². The number of hydrogen-bond donors (Lipinski definition) is 0. The number of fused-ring (bicyclic) bond motifs is 2. The summed E-state index contributed by atoms with van der Waals surface area (Å²) in [6.45, 7) is 23.6. The first-order chi connectivity index (χ1) is 17.2. The summed E-state index contributed by atoms with van der Waals surface area (Å²) in [4.78, 5) is 0. The molecular formula is C37H47. The van der Waals surface area contributed by atoms with Gasteiger partial charge in [-0.25, -0.2) is 0 Å². The molecule has 2 aromatic carbocycles. The molecule has 0 nitrogen and oxygen atoms in total. The van der Waals surface area contributed by atoms with Crippen LogP contribution in [0.15, 0.2) is 42.0 Å². The Hall–Kier alpha value is -2.34. The molecule has 37 heavy (non-hydrogen) atoms. The second kappa shape index (κ2) is 8.86. The van der Waals surface area contributed by atoms with Crippen molar-refractivity contribution in [3.8, 4) is 0 Å². The van der Waals surface area contributed by atoms with Crippen LogP contribution in [-0.4, -0.2) is 0 Å². The zero-order valence-electron chi connectivity index (χ0n) is 25.1. The molecule has 0 N–H and O–H groups in total. The molecular weight excluding hydrogens is 444 g/mol. The topological polar surface area (TPSA) is 0 Å². The molecule has 2 aromatic rings. The lowest BCUT2D eigenvalue weighted by atomic mass is 9.77. The van der Waals surface area contributed by atoms with Gasteiger partial charge in [0.15, 0.2) is 0 Å². The van der Waals surface area contributed by atoms with Gasteiger partial charge in [-0.15, -0.1) is 0 Å². The quantitative estimate of drug-likeness (QED) is 0.319. The van der Waals surface area contributed by atoms with Crippen molar-refractivity contribution >= 4 is 17.2 Å². The molecule has 0 aliphatic heterocycles. The van der Waals surface area contributed by atoms with Gasteiger partial charge in [-0.2, -0.15) is 0 Å². The molecule has 1 saturated carbocycles. The van der Waals surface area contributed by atoms with Gasteiger partial charge in [0.2, 0.25) is 0 Å². The lowest BCUT2D eigenvalue weighted by Gasteiger charge is -2.27. The summed E-state index contributed by atoms with van der Waals surface area (Å²) in [6.07, 6.45) is 15.5. The fourth-order valence-electron chi connectivity index (χ4n) is 6.45. The molecule has 1 unspecified atom stereocenters. The Bertz CT molecular complexity index is 1520. The fourth-order valence-corrected chi connectivity index (χ4v) is 6.45. The standard InChI is InChI=1S/C37H47/c1-23-18-27(36(5,6)7)21-28(23)34-31-19-25-16-17-26(35(2,3)4)20-29(25)30(31)22-32(37(8,9)10)33(34)24-14-12-11-13-15-24/h16-18,20-23H,11-15H2,1-10H3.